The fourth-order valence-corrected chi connectivity index (χ4v) is 3.54. The summed E-state index contributed by atoms with van der Waals surface area (Å²) >= 11 is 7.81. The molecule has 21 heavy (non-hydrogen) atoms. The van der Waals surface area contributed by atoms with Gasteiger partial charge in [-0.05, 0) is 6.07 Å². The van der Waals surface area contributed by atoms with Gasteiger partial charge in [0.05, 0.1) is 6.10 Å². The van der Waals surface area contributed by atoms with Gasteiger partial charge in [0.25, 0.3) is 0 Å². The summed E-state index contributed by atoms with van der Waals surface area (Å²) in [4.78, 5) is 8.91. The summed E-state index contributed by atoms with van der Waals surface area (Å²) in [7, 11) is 0. The van der Waals surface area contributed by atoms with Crippen molar-refractivity contribution in [1.82, 2.24) is 9.88 Å². The summed E-state index contributed by atoms with van der Waals surface area (Å²) in [6, 6.07) is 7.50. The third-order valence-corrected chi connectivity index (χ3v) is 4.93. The number of anilines is 1. The van der Waals surface area contributed by atoms with Crippen LogP contribution >= 0.6 is 22.9 Å². The molecule has 3 rings (SSSR count). The second kappa shape index (κ2) is 6.75. The highest BCUT2D eigenvalue weighted by Crippen LogP contribution is 2.24. The number of aliphatic hydroxyl groups excluding tert-OH is 1. The number of piperazine rings is 1. The van der Waals surface area contributed by atoms with Crippen molar-refractivity contribution in [2.75, 3.05) is 37.6 Å². The first kappa shape index (κ1) is 14.8. The van der Waals surface area contributed by atoms with Crippen LogP contribution < -0.4 is 4.90 Å². The van der Waals surface area contributed by atoms with Gasteiger partial charge in [0.2, 0.25) is 0 Å². The Hall–Kier alpha value is -1.14. The van der Waals surface area contributed by atoms with Crippen molar-refractivity contribution in [3.8, 4) is 0 Å². The number of hydrogen-bond acceptors (Lipinski definition) is 5. The van der Waals surface area contributed by atoms with E-state index in [1.165, 1.54) is 0 Å². The summed E-state index contributed by atoms with van der Waals surface area (Å²) in [6.45, 7) is 4.38. The fourth-order valence-electron chi connectivity index (χ4n) is 2.58. The molecule has 0 radical (unpaired) electrons. The molecular formula is C15H18ClN3OS. The van der Waals surface area contributed by atoms with Crippen molar-refractivity contribution in [2.24, 2.45) is 0 Å². The summed E-state index contributed by atoms with van der Waals surface area (Å²) in [6.07, 6.45) is 1.30. The number of aliphatic hydroxyl groups is 1. The zero-order chi connectivity index (χ0) is 14.7. The van der Waals surface area contributed by atoms with E-state index in [0.717, 1.165) is 36.9 Å². The number of aromatic nitrogens is 1. The van der Waals surface area contributed by atoms with Crippen molar-refractivity contribution in [3.05, 3.63) is 46.4 Å². The highest BCUT2D eigenvalue weighted by molar-refractivity contribution is 7.13. The van der Waals surface area contributed by atoms with Crippen LogP contribution in [0.4, 0.5) is 5.13 Å². The maximum Gasteiger partial charge on any atom is 0.185 e. The summed E-state index contributed by atoms with van der Waals surface area (Å²) in [5, 5.41) is 14.1. The van der Waals surface area contributed by atoms with Gasteiger partial charge in [-0.2, -0.15) is 0 Å². The Morgan fingerprint density at radius 2 is 2.00 bits per heavy atom. The van der Waals surface area contributed by atoms with Gasteiger partial charge in [-0.15, -0.1) is 11.3 Å². The SMILES string of the molecule is OC(CN1CCN(c2nccs2)CC1)c1ccccc1Cl. The van der Waals surface area contributed by atoms with E-state index in [4.69, 9.17) is 11.6 Å². The molecule has 1 aromatic carbocycles. The number of halogens is 1. The minimum absolute atomic E-state index is 0.537. The van der Waals surface area contributed by atoms with Crippen LogP contribution in [-0.4, -0.2) is 47.7 Å². The molecule has 1 fully saturated rings. The van der Waals surface area contributed by atoms with Crippen LogP contribution in [0, 0.1) is 0 Å². The lowest BCUT2D eigenvalue weighted by atomic mass is 10.1. The first-order chi connectivity index (χ1) is 10.2. The number of β-amino-alcohol motifs (C(OH)–C–C–N with tert-alkyl or cyclic N) is 1. The monoisotopic (exact) mass is 323 g/mol. The number of hydrogen-bond donors (Lipinski definition) is 1. The Bertz CT molecular complexity index is 570. The second-order valence-electron chi connectivity index (χ2n) is 5.14. The molecule has 0 aliphatic carbocycles. The normalized spacial score (nSPS) is 17.9. The van der Waals surface area contributed by atoms with Gasteiger partial charge in [0.1, 0.15) is 0 Å². The largest absolute Gasteiger partial charge is 0.387 e. The molecule has 0 saturated carbocycles. The smallest absolute Gasteiger partial charge is 0.185 e. The van der Waals surface area contributed by atoms with Crippen LogP contribution in [0.2, 0.25) is 5.02 Å². The van der Waals surface area contributed by atoms with Gasteiger partial charge in [-0.3, -0.25) is 4.90 Å². The highest BCUT2D eigenvalue weighted by Gasteiger charge is 2.21. The van der Waals surface area contributed by atoms with E-state index in [-0.39, 0.29) is 0 Å². The average molecular weight is 324 g/mol. The minimum Gasteiger partial charge on any atom is -0.387 e. The molecule has 1 aliphatic heterocycles. The zero-order valence-corrected chi connectivity index (χ0v) is 13.2. The van der Waals surface area contributed by atoms with E-state index in [1.54, 1.807) is 11.3 Å². The summed E-state index contributed by atoms with van der Waals surface area (Å²) in [5.74, 6) is 0. The number of rotatable bonds is 4. The van der Waals surface area contributed by atoms with E-state index in [2.05, 4.69) is 14.8 Å². The molecule has 0 bridgehead atoms. The standard InChI is InChI=1S/C15H18ClN3OS/c16-13-4-2-1-3-12(13)14(20)11-18-6-8-19(9-7-18)15-17-5-10-21-15/h1-5,10,14,20H,6-9,11H2. The lowest BCUT2D eigenvalue weighted by Crippen LogP contribution is -2.47. The molecule has 1 aromatic heterocycles. The zero-order valence-electron chi connectivity index (χ0n) is 11.7. The van der Waals surface area contributed by atoms with Gasteiger partial charge >= 0.3 is 0 Å². The van der Waals surface area contributed by atoms with Gasteiger partial charge in [-0.25, -0.2) is 4.98 Å². The van der Waals surface area contributed by atoms with Crippen LogP contribution in [0.3, 0.4) is 0 Å². The van der Waals surface area contributed by atoms with Gasteiger partial charge < -0.3 is 10.0 Å². The fraction of sp³-hybridized carbons (Fsp3) is 0.400. The lowest BCUT2D eigenvalue weighted by molar-refractivity contribution is 0.109. The first-order valence-corrected chi connectivity index (χ1v) is 8.29. The van der Waals surface area contributed by atoms with Gasteiger partial charge in [-0.1, -0.05) is 29.8 Å². The predicted octanol–water partition coefficient (Wildman–Crippen LogP) is 2.65. The molecule has 1 aliphatic rings. The van der Waals surface area contributed by atoms with Crippen molar-refractivity contribution in [1.29, 1.82) is 0 Å². The van der Waals surface area contributed by atoms with Crippen LogP contribution in [-0.2, 0) is 0 Å². The molecule has 0 amide bonds. The topological polar surface area (TPSA) is 39.6 Å². The maximum atomic E-state index is 10.4. The van der Waals surface area contributed by atoms with Crippen LogP contribution in [0.1, 0.15) is 11.7 Å². The predicted molar refractivity (Wildman–Crippen MR) is 87.2 cm³/mol. The Kier molecular flexibility index (Phi) is 4.75. The van der Waals surface area contributed by atoms with Crippen LogP contribution in [0.15, 0.2) is 35.8 Å². The molecule has 1 unspecified atom stereocenters. The molecule has 4 nitrogen and oxygen atoms in total. The first-order valence-electron chi connectivity index (χ1n) is 7.03. The Balaban J connectivity index is 1.55. The Morgan fingerprint density at radius 3 is 2.67 bits per heavy atom. The molecule has 2 aromatic rings. The molecule has 1 atom stereocenters. The average Bonchev–Trinajstić information content (AvgIpc) is 3.02. The molecule has 0 spiro atoms. The summed E-state index contributed by atoms with van der Waals surface area (Å²) < 4.78 is 0. The lowest BCUT2D eigenvalue weighted by Gasteiger charge is -2.35. The molecule has 112 valence electrons. The quantitative estimate of drug-likeness (QED) is 0.939. The van der Waals surface area contributed by atoms with Crippen LogP contribution in [0.25, 0.3) is 0 Å². The van der Waals surface area contributed by atoms with Crippen molar-refractivity contribution in [2.45, 2.75) is 6.10 Å². The van der Waals surface area contributed by atoms with E-state index < -0.39 is 6.10 Å². The van der Waals surface area contributed by atoms with Gasteiger partial charge in [0.15, 0.2) is 5.13 Å². The molecule has 2 heterocycles. The van der Waals surface area contributed by atoms with Crippen molar-refractivity contribution in [3.63, 3.8) is 0 Å². The van der Waals surface area contributed by atoms with Crippen molar-refractivity contribution >= 4 is 28.1 Å². The number of thiazole rings is 1. The third kappa shape index (κ3) is 3.55. The van der Waals surface area contributed by atoms with E-state index in [0.29, 0.717) is 11.6 Å². The molecule has 1 saturated heterocycles. The van der Waals surface area contributed by atoms with E-state index in [9.17, 15) is 5.11 Å². The van der Waals surface area contributed by atoms with E-state index >= 15 is 0 Å². The summed E-state index contributed by atoms with van der Waals surface area (Å²) in [5.41, 5.74) is 0.807. The van der Waals surface area contributed by atoms with Crippen molar-refractivity contribution < 1.29 is 5.11 Å². The highest BCUT2D eigenvalue weighted by atomic mass is 35.5. The molecule has 6 heteroatoms. The molecule has 1 N–H and O–H groups in total. The second-order valence-corrected chi connectivity index (χ2v) is 6.42. The van der Waals surface area contributed by atoms with E-state index in [1.807, 2.05) is 35.8 Å². The number of nitrogens with zero attached hydrogens (tertiary/aromatic N) is 3. The third-order valence-electron chi connectivity index (χ3n) is 3.76. The maximum absolute atomic E-state index is 10.4. The molecular weight excluding hydrogens is 306 g/mol. The Labute approximate surface area is 133 Å². The number of benzene rings is 1. The minimum atomic E-state index is -0.537. The van der Waals surface area contributed by atoms with Gasteiger partial charge in [0, 0.05) is 54.9 Å². The Morgan fingerprint density at radius 1 is 1.24 bits per heavy atom. The van der Waals surface area contributed by atoms with Crippen LogP contribution in [0.5, 0.6) is 0 Å².